The minimum Gasteiger partial charge on any atom is -0.508 e. The summed E-state index contributed by atoms with van der Waals surface area (Å²) in [5.74, 6) is -0.0941. The molecule has 0 aromatic heterocycles. The van der Waals surface area contributed by atoms with E-state index in [1.165, 1.54) is 12.1 Å². The van der Waals surface area contributed by atoms with Crippen molar-refractivity contribution in [3.05, 3.63) is 40.0 Å². The van der Waals surface area contributed by atoms with Gasteiger partial charge in [0.2, 0.25) is 0 Å². The lowest BCUT2D eigenvalue weighted by Gasteiger charge is -1.97. The van der Waals surface area contributed by atoms with Crippen LogP contribution in [-0.2, 0) is 0 Å². The molecule has 14 heavy (non-hydrogen) atoms. The third kappa shape index (κ3) is 2.69. The number of halogens is 1. The second-order valence-corrected chi connectivity index (χ2v) is 3.44. The highest BCUT2D eigenvalue weighted by Crippen LogP contribution is 2.24. The summed E-state index contributed by atoms with van der Waals surface area (Å²) in [4.78, 5) is 10.1. The first-order valence-corrected chi connectivity index (χ1v) is 5.37. The van der Waals surface area contributed by atoms with E-state index < -0.39 is 4.92 Å². The molecule has 0 atom stereocenters. The van der Waals surface area contributed by atoms with E-state index in [1.807, 2.05) is 6.08 Å². The highest BCUT2D eigenvalue weighted by Gasteiger charge is 2.11. The SMILES string of the molecule is O=[N+]([O-])c1cc(O)ccc1/C=C\CI. The highest BCUT2D eigenvalue weighted by molar-refractivity contribution is 14.1. The minimum atomic E-state index is -0.507. The molecule has 0 fully saturated rings. The smallest absolute Gasteiger partial charge is 0.280 e. The van der Waals surface area contributed by atoms with Crippen LogP contribution < -0.4 is 0 Å². The fourth-order valence-corrected chi connectivity index (χ4v) is 1.26. The highest BCUT2D eigenvalue weighted by atomic mass is 127. The van der Waals surface area contributed by atoms with Crippen molar-refractivity contribution in [1.29, 1.82) is 0 Å². The Hall–Kier alpha value is -1.11. The maximum atomic E-state index is 10.6. The van der Waals surface area contributed by atoms with Gasteiger partial charge in [-0.05, 0) is 12.1 Å². The van der Waals surface area contributed by atoms with Crippen LogP contribution in [-0.4, -0.2) is 14.5 Å². The normalized spacial score (nSPS) is 10.6. The van der Waals surface area contributed by atoms with Crippen molar-refractivity contribution in [2.24, 2.45) is 0 Å². The van der Waals surface area contributed by atoms with E-state index in [0.717, 1.165) is 10.5 Å². The first-order chi connectivity index (χ1) is 6.65. The van der Waals surface area contributed by atoms with Crippen molar-refractivity contribution in [3.63, 3.8) is 0 Å². The summed E-state index contributed by atoms with van der Waals surface area (Å²) in [6.45, 7) is 0. The zero-order valence-corrected chi connectivity index (χ0v) is 9.34. The zero-order valence-electron chi connectivity index (χ0n) is 7.18. The Morgan fingerprint density at radius 1 is 1.57 bits per heavy atom. The van der Waals surface area contributed by atoms with Crippen molar-refractivity contribution in [3.8, 4) is 5.75 Å². The summed E-state index contributed by atoms with van der Waals surface area (Å²) >= 11 is 2.14. The van der Waals surface area contributed by atoms with Crippen LogP contribution in [0.5, 0.6) is 5.75 Å². The van der Waals surface area contributed by atoms with Crippen molar-refractivity contribution in [2.75, 3.05) is 4.43 Å². The Balaban J connectivity index is 3.15. The monoisotopic (exact) mass is 305 g/mol. The maximum Gasteiger partial charge on any atom is 0.280 e. The number of aromatic hydroxyl groups is 1. The Labute approximate surface area is 94.5 Å². The van der Waals surface area contributed by atoms with Crippen LogP contribution in [0.4, 0.5) is 5.69 Å². The lowest BCUT2D eigenvalue weighted by atomic mass is 10.1. The molecule has 1 rings (SSSR count). The van der Waals surface area contributed by atoms with E-state index in [-0.39, 0.29) is 11.4 Å². The molecule has 0 aliphatic heterocycles. The molecule has 0 aliphatic rings. The summed E-state index contributed by atoms with van der Waals surface area (Å²) in [6.07, 6.45) is 3.49. The topological polar surface area (TPSA) is 63.4 Å². The average Bonchev–Trinajstić information content (AvgIpc) is 2.15. The molecule has 1 N–H and O–H groups in total. The van der Waals surface area contributed by atoms with Crippen molar-refractivity contribution in [2.45, 2.75) is 0 Å². The number of phenols is 1. The summed E-state index contributed by atoms with van der Waals surface area (Å²) in [5.41, 5.74) is 0.426. The number of nitro groups is 1. The molecule has 0 saturated carbocycles. The minimum absolute atomic E-state index is 0.0777. The van der Waals surface area contributed by atoms with E-state index in [1.54, 1.807) is 6.08 Å². The van der Waals surface area contributed by atoms with Gasteiger partial charge in [-0.3, -0.25) is 10.1 Å². The van der Waals surface area contributed by atoms with Crippen LogP contribution in [0.25, 0.3) is 6.08 Å². The number of hydrogen-bond donors (Lipinski definition) is 1. The molecule has 0 spiro atoms. The predicted molar refractivity (Wildman–Crippen MR) is 62.7 cm³/mol. The molecular formula is C9H8INO3. The second kappa shape index (κ2) is 4.94. The van der Waals surface area contributed by atoms with Crippen molar-refractivity contribution in [1.82, 2.24) is 0 Å². The third-order valence-corrected chi connectivity index (χ3v) is 2.11. The predicted octanol–water partition coefficient (Wildman–Crippen LogP) is 2.75. The number of alkyl halides is 1. The van der Waals surface area contributed by atoms with Crippen LogP contribution >= 0.6 is 22.6 Å². The van der Waals surface area contributed by atoms with Crippen molar-refractivity contribution >= 4 is 34.4 Å². The number of allylic oxidation sites excluding steroid dienone is 1. The lowest BCUT2D eigenvalue weighted by Crippen LogP contribution is -1.90. The number of phenolic OH excluding ortho intramolecular Hbond substituents is 1. The molecule has 0 amide bonds. The van der Waals surface area contributed by atoms with Crippen LogP contribution in [0.1, 0.15) is 5.56 Å². The van der Waals surface area contributed by atoms with Gasteiger partial charge in [-0.2, -0.15) is 0 Å². The second-order valence-electron chi connectivity index (χ2n) is 2.56. The molecule has 5 heteroatoms. The number of benzene rings is 1. The van der Waals surface area contributed by atoms with Gasteiger partial charge in [0.15, 0.2) is 0 Å². The van der Waals surface area contributed by atoms with Gasteiger partial charge in [0.25, 0.3) is 5.69 Å². The first-order valence-electron chi connectivity index (χ1n) is 3.85. The van der Waals surface area contributed by atoms with Gasteiger partial charge in [-0.1, -0.05) is 34.7 Å². The Morgan fingerprint density at radius 3 is 2.86 bits per heavy atom. The van der Waals surface area contributed by atoms with E-state index in [4.69, 9.17) is 5.11 Å². The summed E-state index contributed by atoms with van der Waals surface area (Å²) in [7, 11) is 0. The molecule has 0 saturated heterocycles. The van der Waals surface area contributed by atoms with Gasteiger partial charge in [0.1, 0.15) is 5.75 Å². The van der Waals surface area contributed by atoms with Gasteiger partial charge < -0.3 is 5.11 Å². The standard InChI is InChI=1S/C9H8INO3/c10-5-1-2-7-3-4-8(12)6-9(7)11(13)14/h1-4,6,12H,5H2/b2-1-. The molecule has 74 valence electrons. The molecule has 1 aromatic carbocycles. The van der Waals surface area contributed by atoms with E-state index >= 15 is 0 Å². The van der Waals surface area contributed by atoms with E-state index in [0.29, 0.717) is 5.56 Å². The number of rotatable bonds is 3. The van der Waals surface area contributed by atoms with E-state index in [2.05, 4.69) is 22.6 Å². The van der Waals surface area contributed by atoms with Crippen LogP contribution in [0.3, 0.4) is 0 Å². The lowest BCUT2D eigenvalue weighted by molar-refractivity contribution is -0.385. The molecule has 0 heterocycles. The number of nitrogens with zero attached hydrogens (tertiary/aromatic N) is 1. The van der Waals surface area contributed by atoms with Crippen LogP contribution in [0, 0.1) is 10.1 Å². The zero-order chi connectivity index (χ0) is 10.6. The molecule has 0 aliphatic carbocycles. The van der Waals surface area contributed by atoms with Crippen molar-refractivity contribution < 1.29 is 10.0 Å². The molecule has 1 aromatic rings. The largest absolute Gasteiger partial charge is 0.508 e. The quantitative estimate of drug-likeness (QED) is 0.404. The summed E-state index contributed by atoms with van der Waals surface area (Å²) in [5, 5.41) is 19.7. The van der Waals surface area contributed by atoms with Gasteiger partial charge >= 0.3 is 0 Å². The molecule has 0 unspecified atom stereocenters. The maximum absolute atomic E-state index is 10.6. The summed E-state index contributed by atoms with van der Waals surface area (Å²) < 4.78 is 0.787. The Morgan fingerprint density at radius 2 is 2.29 bits per heavy atom. The van der Waals surface area contributed by atoms with Gasteiger partial charge in [0.05, 0.1) is 16.6 Å². The average molecular weight is 305 g/mol. The van der Waals surface area contributed by atoms with Gasteiger partial charge in [-0.25, -0.2) is 0 Å². The Bertz CT molecular complexity index is 376. The molecule has 0 bridgehead atoms. The fraction of sp³-hybridized carbons (Fsp3) is 0.111. The number of hydrogen-bond acceptors (Lipinski definition) is 3. The fourth-order valence-electron chi connectivity index (χ4n) is 1.00. The molecule has 0 radical (unpaired) electrons. The van der Waals surface area contributed by atoms with Gasteiger partial charge in [-0.15, -0.1) is 0 Å². The third-order valence-electron chi connectivity index (χ3n) is 1.60. The van der Waals surface area contributed by atoms with E-state index in [9.17, 15) is 10.1 Å². The Kier molecular flexibility index (Phi) is 3.87. The number of nitro benzene ring substituents is 1. The molecule has 4 nitrogen and oxygen atoms in total. The van der Waals surface area contributed by atoms with Crippen LogP contribution in [0.15, 0.2) is 24.3 Å². The van der Waals surface area contributed by atoms with Gasteiger partial charge in [0, 0.05) is 4.43 Å². The molecular weight excluding hydrogens is 297 g/mol. The summed E-state index contributed by atoms with van der Waals surface area (Å²) in [6, 6.07) is 4.10. The first kappa shape index (κ1) is 11.0. The van der Waals surface area contributed by atoms with Crippen LogP contribution in [0.2, 0.25) is 0 Å².